The highest BCUT2D eigenvalue weighted by molar-refractivity contribution is 8.27. The monoisotopic (exact) mass is 475 g/mol. The molecule has 33 heavy (non-hydrogen) atoms. The number of hydrogen-bond acceptors (Lipinski definition) is 6. The summed E-state index contributed by atoms with van der Waals surface area (Å²) in [4.78, 5) is 26.9. The van der Waals surface area contributed by atoms with Crippen molar-refractivity contribution in [2.45, 2.75) is 13.5 Å². The van der Waals surface area contributed by atoms with E-state index in [-0.39, 0.29) is 5.91 Å². The van der Waals surface area contributed by atoms with Gasteiger partial charge in [0.1, 0.15) is 12.4 Å². The summed E-state index contributed by atoms with van der Waals surface area (Å²) in [6.07, 6.45) is 1.81. The first-order chi connectivity index (χ1) is 16.0. The average Bonchev–Trinajstić information content (AvgIpc) is 3.12. The van der Waals surface area contributed by atoms with Gasteiger partial charge >= 0.3 is 5.97 Å². The molecule has 1 fully saturated rings. The quantitative estimate of drug-likeness (QED) is 0.243. The normalized spacial score (nSPS) is 14.6. The van der Waals surface area contributed by atoms with Crippen molar-refractivity contribution < 1.29 is 19.1 Å². The molecule has 3 aromatic rings. The Morgan fingerprint density at radius 3 is 2.36 bits per heavy atom. The number of thioether (sulfide) groups is 1. The predicted octanol–water partition coefficient (Wildman–Crippen LogP) is 5.85. The molecule has 0 N–H and O–H groups in total. The maximum Gasteiger partial charge on any atom is 0.338 e. The van der Waals surface area contributed by atoms with Crippen molar-refractivity contribution in [3.05, 3.63) is 100 Å². The fourth-order valence-electron chi connectivity index (χ4n) is 3.20. The molecule has 1 aliphatic heterocycles. The molecular weight excluding hydrogens is 454 g/mol. The number of rotatable bonds is 7. The number of ether oxygens (including phenoxy) is 2. The van der Waals surface area contributed by atoms with Crippen molar-refractivity contribution in [3.63, 3.8) is 0 Å². The zero-order valence-electron chi connectivity index (χ0n) is 17.9. The Kier molecular flexibility index (Phi) is 7.22. The van der Waals surface area contributed by atoms with Crippen molar-refractivity contribution in [1.29, 1.82) is 0 Å². The molecule has 0 aromatic heterocycles. The van der Waals surface area contributed by atoms with E-state index in [2.05, 4.69) is 0 Å². The van der Waals surface area contributed by atoms with E-state index < -0.39 is 5.97 Å². The molecule has 166 valence electrons. The summed E-state index contributed by atoms with van der Waals surface area (Å²) in [5, 5.41) is 0. The van der Waals surface area contributed by atoms with Gasteiger partial charge in [0.2, 0.25) is 0 Å². The molecule has 3 aromatic carbocycles. The lowest BCUT2D eigenvalue weighted by Gasteiger charge is -2.14. The van der Waals surface area contributed by atoms with Gasteiger partial charge in [-0.3, -0.25) is 9.69 Å². The van der Waals surface area contributed by atoms with E-state index >= 15 is 0 Å². The molecule has 1 heterocycles. The van der Waals surface area contributed by atoms with Gasteiger partial charge in [0.05, 0.1) is 22.8 Å². The summed E-state index contributed by atoms with van der Waals surface area (Å²) < 4.78 is 11.3. The van der Waals surface area contributed by atoms with Gasteiger partial charge in [-0.15, -0.1) is 0 Å². The molecular formula is C26H21NO4S2. The van der Waals surface area contributed by atoms with Crippen LogP contribution in [0.3, 0.4) is 0 Å². The van der Waals surface area contributed by atoms with Crippen LogP contribution in [0.1, 0.15) is 28.4 Å². The Hall–Kier alpha value is -3.42. The minimum atomic E-state index is -0.398. The molecule has 0 radical (unpaired) electrons. The molecule has 1 amide bonds. The van der Waals surface area contributed by atoms with E-state index in [9.17, 15) is 9.59 Å². The molecule has 0 saturated carbocycles. The standard InChI is InChI=1S/C26H21NO4S2/c1-2-30-25(29)20-10-12-21(13-11-20)27-24(28)23(33-26(27)32)16-18-8-14-22(15-9-18)31-17-19-6-4-3-5-7-19/h3-16H,2,17H2,1H3. The Morgan fingerprint density at radius 1 is 1.00 bits per heavy atom. The minimum absolute atomic E-state index is 0.196. The van der Waals surface area contributed by atoms with Crippen LogP contribution in [0.15, 0.2) is 83.8 Å². The van der Waals surface area contributed by atoms with Crippen LogP contribution in [0, 0.1) is 0 Å². The van der Waals surface area contributed by atoms with Gasteiger partial charge in [-0.1, -0.05) is 66.4 Å². The second-order valence-corrected chi connectivity index (χ2v) is 8.80. The highest BCUT2D eigenvalue weighted by Crippen LogP contribution is 2.36. The molecule has 0 atom stereocenters. The van der Waals surface area contributed by atoms with Gasteiger partial charge in [0.25, 0.3) is 5.91 Å². The third-order valence-electron chi connectivity index (χ3n) is 4.86. The van der Waals surface area contributed by atoms with Gasteiger partial charge in [-0.25, -0.2) is 4.79 Å². The number of hydrogen-bond donors (Lipinski definition) is 0. The molecule has 0 bridgehead atoms. The number of thiocarbonyl (C=S) groups is 1. The summed E-state index contributed by atoms with van der Waals surface area (Å²) in [6.45, 7) is 2.55. The van der Waals surface area contributed by atoms with Gasteiger partial charge < -0.3 is 9.47 Å². The number of esters is 1. The van der Waals surface area contributed by atoms with Gasteiger partial charge in [-0.05, 0) is 60.5 Å². The number of benzene rings is 3. The minimum Gasteiger partial charge on any atom is -0.489 e. The average molecular weight is 476 g/mol. The molecule has 7 heteroatoms. The van der Waals surface area contributed by atoms with Crippen LogP contribution in [0.5, 0.6) is 5.75 Å². The number of nitrogens with zero attached hydrogens (tertiary/aromatic N) is 1. The van der Waals surface area contributed by atoms with Crippen molar-refractivity contribution in [2.75, 3.05) is 11.5 Å². The van der Waals surface area contributed by atoms with Crippen LogP contribution in [0.25, 0.3) is 6.08 Å². The lowest BCUT2D eigenvalue weighted by atomic mass is 10.2. The first kappa shape index (κ1) is 22.8. The Labute approximate surface area is 202 Å². The molecule has 1 saturated heterocycles. The Balaban J connectivity index is 1.43. The van der Waals surface area contributed by atoms with E-state index in [1.807, 2.05) is 60.7 Å². The van der Waals surface area contributed by atoms with E-state index in [1.54, 1.807) is 31.2 Å². The van der Waals surface area contributed by atoms with E-state index in [4.69, 9.17) is 21.7 Å². The van der Waals surface area contributed by atoms with Crippen LogP contribution in [0.4, 0.5) is 5.69 Å². The molecule has 0 aliphatic carbocycles. The maximum atomic E-state index is 13.0. The smallest absolute Gasteiger partial charge is 0.338 e. The summed E-state index contributed by atoms with van der Waals surface area (Å²) in [5.74, 6) is 0.161. The summed E-state index contributed by atoms with van der Waals surface area (Å²) in [5.41, 5.74) is 3.01. The first-order valence-electron chi connectivity index (χ1n) is 10.4. The molecule has 0 spiro atoms. The maximum absolute atomic E-state index is 13.0. The van der Waals surface area contributed by atoms with Crippen LogP contribution >= 0.6 is 24.0 Å². The topological polar surface area (TPSA) is 55.8 Å². The van der Waals surface area contributed by atoms with Crippen molar-refractivity contribution in [2.24, 2.45) is 0 Å². The summed E-state index contributed by atoms with van der Waals surface area (Å²) in [7, 11) is 0. The molecule has 5 nitrogen and oxygen atoms in total. The highest BCUT2D eigenvalue weighted by Gasteiger charge is 2.33. The Bertz CT molecular complexity index is 1190. The van der Waals surface area contributed by atoms with Gasteiger partial charge in [-0.2, -0.15) is 0 Å². The molecule has 4 rings (SSSR count). The van der Waals surface area contributed by atoms with Crippen LogP contribution in [-0.2, 0) is 16.1 Å². The third-order valence-corrected chi connectivity index (χ3v) is 6.16. The first-order valence-corrected chi connectivity index (χ1v) is 11.6. The second-order valence-electron chi connectivity index (χ2n) is 7.13. The SMILES string of the molecule is CCOC(=O)c1ccc(N2C(=O)C(=Cc3ccc(OCc4ccccc4)cc3)SC2=S)cc1. The van der Waals surface area contributed by atoms with E-state index in [0.29, 0.717) is 33.7 Å². The van der Waals surface area contributed by atoms with Crippen molar-refractivity contribution in [3.8, 4) is 5.75 Å². The zero-order chi connectivity index (χ0) is 23.2. The van der Waals surface area contributed by atoms with Crippen molar-refractivity contribution >= 4 is 51.9 Å². The molecule has 0 unspecified atom stereocenters. The van der Waals surface area contributed by atoms with Gasteiger partial charge in [0, 0.05) is 0 Å². The largest absolute Gasteiger partial charge is 0.489 e. The third kappa shape index (κ3) is 5.50. The number of carbonyl (C=O) groups is 2. The zero-order valence-corrected chi connectivity index (χ0v) is 19.5. The molecule has 1 aliphatic rings. The number of amides is 1. The predicted molar refractivity (Wildman–Crippen MR) is 135 cm³/mol. The van der Waals surface area contributed by atoms with E-state index in [1.165, 1.54) is 16.7 Å². The van der Waals surface area contributed by atoms with Crippen molar-refractivity contribution in [1.82, 2.24) is 0 Å². The number of carbonyl (C=O) groups excluding carboxylic acids is 2. The lowest BCUT2D eigenvalue weighted by molar-refractivity contribution is -0.113. The summed E-state index contributed by atoms with van der Waals surface area (Å²) in [6, 6.07) is 24.2. The number of anilines is 1. The highest BCUT2D eigenvalue weighted by atomic mass is 32.2. The Morgan fingerprint density at radius 2 is 1.70 bits per heavy atom. The van der Waals surface area contributed by atoms with E-state index in [0.717, 1.165) is 16.9 Å². The van der Waals surface area contributed by atoms with Crippen LogP contribution in [0.2, 0.25) is 0 Å². The van der Waals surface area contributed by atoms with Gasteiger partial charge in [0.15, 0.2) is 4.32 Å². The van der Waals surface area contributed by atoms with Crippen LogP contribution < -0.4 is 9.64 Å². The lowest BCUT2D eigenvalue weighted by Crippen LogP contribution is -2.27. The fraction of sp³-hybridized carbons (Fsp3) is 0.115. The fourth-order valence-corrected chi connectivity index (χ4v) is 4.50. The second kappa shape index (κ2) is 10.5. The summed E-state index contributed by atoms with van der Waals surface area (Å²) >= 11 is 6.68. The van der Waals surface area contributed by atoms with Crippen LogP contribution in [-0.4, -0.2) is 22.8 Å².